The van der Waals surface area contributed by atoms with Gasteiger partial charge in [0.25, 0.3) is 5.91 Å². The maximum absolute atomic E-state index is 12.5. The molecule has 37 heavy (non-hydrogen) atoms. The van der Waals surface area contributed by atoms with Gasteiger partial charge in [0.15, 0.2) is 5.82 Å². The molecule has 2 N–H and O–H groups in total. The van der Waals surface area contributed by atoms with Gasteiger partial charge in [0.2, 0.25) is 0 Å². The van der Waals surface area contributed by atoms with E-state index in [0.29, 0.717) is 28.0 Å². The van der Waals surface area contributed by atoms with E-state index in [1.54, 1.807) is 18.2 Å². The lowest BCUT2D eigenvalue weighted by Gasteiger charge is -2.09. The zero-order chi connectivity index (χ0) is 25.8. The second kappa shape index (κ2) is 10.9. The summed E-state index contributed by atoms with van der Waals surface area (Å²) in [6.45, 7) is 2.86. The van der Waals surface area contributed by atoms with E-state index in [1.807, 2.05) is 28.9 Å². The molecule has 3 aromatic carbocycles. The number of aromatic amines is 1. The minimum atomic E-state index is -0.214. The Balaban J connectivity index is 1.40. The lowest BCUT2D eigenvalue weighted by atomic mass is 10.1. The number of tetrazole rings is 1. The van der Waals surface area contributed by atoms with Gasteiger partial charge in [0, 0.05) is 11.1 Å². The van der Waals surface area contributed by atoms with Crippen LogP contribution in [0.2, 0.25) is 10.0 Å². The van der Waals surface area contributed by atoms with Gasteiger partial charge in [-0.25, -0.2) is 0 Å². The third kappa shape index (κ3) is 5.71. The molecule has 0 spiro atoms. The van der Waals surface area contributed by atoms with Gasteiger partial charge in [-0.3, -0.25) is 9.48 Å². The number of amides is 1. The van der Waals surface area contributed by atoms with Gasteiger partial charge in [0.05, 0.1) is 34.5 Å². The number of carbonyl (C=O) groups excluding carboxylic acids is 1. The summed E-state index contributed by atoms with van der Waals surface area (Å²) in [6.07, 6.45) is 0.975. The summed E-state index contributed by atoms with van der Waals surface area (Å²) in [5, 5.41) is 22.2. The number of hydrogen-bond acceptors (Lipinski definition) is 5. The van der Waals surface area contributed by atoms with Crippen LogP contribution in [0.3, 0.4) is 0 Å². The summed E-state index contributed by atoms with van der Waals surface area (Å²) in [5.74, 6) is 0.204. The van der Waals surface area contributed by atoms with Crippen molar-refractivity contribution in [2.45, 2.75) is 26.4 Å². The molecule has 186 valence electrons. The van der Waals surface area contributed by atoms with E-state index in [4.69, 9.17) is 28.3 Å². The number of nitrogens with zero attached hydrogens (tertiary/aromatic N) is 5. The third-order valence-corrected chi connectivity index (χ3v) is 6.74. The molecule has 0 radical (unpaired) electrons. The molecule has 0 aliphatic rings. The number of nitrogens with one attached hydrogen (secondary N) is 2. The van der Waals surface area contributed by atoms with Gasteiger partial charge in [-0.05, 0) is 53.4 Å². The van der Waals surface area contributed by atoms with Crippen LogP contribution in [0, 0.1) is 0 Å². The zero-order valence-electron chi connectivity index (χ0n) is 19.9. The number of hydrogen-bond donors (Lipinski definition) is 2. The Bertz CT molecular complexity index is 1510. The fourth-order valence-electron chi connectivity index (χ4n) is 3.93. The number of halogens is 2. The highest BCUT2D eigenvalue weighted by Crippen LogP contribution is 2.31. The molecule has 0 fully saturated rings. The third-order valence-electron chi connectivity index (χ3n) is 6.00. The van der Waals surface area contributed by atoms with Crippen LogP contribution in [-0.4, -0.2) is 36.3 Å². The summed E-state index contributed by atoms with van der Waals surface area (Å²) in [4.78, 5) is 12.5. The van der Waals surface area contributed by atoms with Crippen molar-refractivity contribution < 1.29 is 4.79 Å². The van der Waals surface area contributed by atoms with Crippen molar-refractivity contribution in [1.29, 1.82) is 0 Å². The summed E-state index contributed by atoms with van der Waals surface area (Å²) in [6, 6.07) is 23.5. The normalized spacial score (nSPS) is 11.0. The number of H-pyrrole nitrogens is 1. The zero-order valence-corrected chi connectivity index (χ0v) is 21.5. The molecule has 5 aromatic rings. The van der Waals surface area contributed by atoms with Crippen molar-refractivity contribution in [3.63, 3.8) is 0 Å². The van der Waals surface area contributed by atoms with E-state index in [1.165, 1.54) is 5.56 Å². The van der Waals surface area contributed by atoms with Crippen LogP contribution >= 0.6 is 23.2 Å². The minimum absolute atomic E-state index is 0.196. The van der Waals surface area contributed by atoms with Crippen LogP contribution in [0.5, 0.6) is 0 Å². The fraction of sp³-hybridized carbons (Fsp3) is 0.148. The second-order valence-electron chi connectivity index (χ2n) is 8.46. The Labute approximate surface area is 223 Å². The molecule has 2 heterocycles. The van der Waals surface area contributed by atoms with Crippen LogP contribution in [0.4, 0.5) is 0 Å². The molecule has 10 heteroatoms. The van der Waals surface area contributed by atoms with Gasteiger partial charge in [-0.2, -0.15) is 10.3 Å². The summed E-state index contributed by atoms with van der Waals surface area (Å²) in [5.41, 5.74) is 6.54. The van der Waals surface area contributed by atoms with Crippen molar-refractivity contribution in [1.82, 2.24) is 35.7 Å². The Morgan fingerprint density at radius 2 is 1.65 bits per heavy atom. The Kier molecular flexibility index (Phi) is 7.30. The van der Waals surface area contributed by atoms with E-state index in [-0.39, 0.29) is 12.5 Å². The highest BCUT2D eigenvalue weighted by Gasteiger charge is 2.14. The maximum Gasteiger partial charge on any atom is 0.251 e. The van der Waals surface area contributed by atoms with E-state index >= 15 is 0 Å². The molecule has 5 rings (SSSR count). The lowest BCUT2D eigenvalue weighted by Crippen LogP contribution is -2.23. The van der Waals surface area contributed by atoms with Gasteiger partial charge in [-0.1, -0.05) is 77.8 Å². The summed E-state index contributed by atoms with van der Waals surface area (Å²) >= 11 is 12.4. The Morgan fingerprint density at radius 3 is 2.32 bits per heavy atom. The minimum Gasteiger partial charge on any atom is -0.345 e. The van der Waals surface area contributed by atoms with Crippen LogP contribution in [0.15, 0.2) is 72.8 Å². The number of rotatable bonds is 8. The highest BCUT2D eigenvalue weighted by atomic mass is 35.5. The predicted octanol–water partition coefficient (Wildman–Crippen LogP) is 5.58. The van der Waals surface area contributed by atoms with Crippen molar-refractivity contribution in [2.75, 3.05) is 0 Å². The number of aromatic nitrogens is 6. The second-order valence-corrected chi connectivity index (χ2v) is 9.27. The van der Waals surface area contributed by atoms with Gasteiger partial charge >= 0.3 is 0 Å². The molecule has 0 aliphatic heterocycles. The fourth-order valence-corrected chi connectivity index (χ4v) is 4.23. The molecule has 2 aromatic heterocycles. The van der Waals surface area contributed by atoms with Crippen molar-refractivity contribution in [3.8, 4) is 22.5 Å². The van der Waals surface area contributed by atoms with E-state index in [9.17, 15) is 4.79 Å². The summed E-state index contributed by atoms with van der Waals surface area (Å²) in [7, 11) is 0. The quantitative estimate of drug-likeness (QED) is 0.272. The van der Waals surface area contributed by atoms with Crippen LogP contribution < -0.4 is 5.32 Å². The summed E-state index contributed by atoms with van der Waals surface area (Å²) < 4.78 is 1.96. The molecule has 0 unspecified atom stereocenters. The molecule has 8 nitrogen and oxygen atoms in total. The smallest absolute Gasteiger partial charge is 0.251 e. The molecule has 0 bridgehead atoms. The van der Waals surface area contributed by atoms with Crippen LogP contribution in [0.1, 0.15) is 34.2 Å². The lowest BCUT2D eigenvalue weighted by molar-refractivity contribution is 0.0950. The van der Waals surface area contributed by atoms with Crippen LogP contribution in [0.25, 0.3) is 22.5 Å². The molecule has 0 saturated carbocycles. The monoisotopic (exact) mass is 531 g/mol. The molecule has 1 amide bonds. The Hall–Kier alpha value is -4.01. The first-order valence-electron chi connectivity index (χ1n) is 11.7. The van der Waals surface area contributed by atoms with Crippen molar-refractivity contribution in [2.24, 2.45) is 0 Å². The van der Waals surface area contributed by atoms with E-state index < -0.39 is 0 Å². The molecular weight excluding hydrogens is 509 g/mol. The largest absolute Gasteiger partial charge is 0.345 e. The highest BCUT2D eigenvalue weighted by molar-refractivity contribution is 6.42. The molecule has 0 saturated heterocycles. The van der Waals surface area contributed by atoms with E-state index in [2.05, 4.69) is 63.2 Å². The number of aryl methyl sites for hydroxylation is 1. The van der Waals surface area contributed by atoms with Crippen LogP contribution in [-0.2, 0) is 19.5 Å². The standard InChI is InChI=1S/C27H23Cl2N7O/c1-2-17-3-7-19(8-4-17)25-14-24(21-11-12-22(28)23(29)13-21)33-36(25)16-18-5-9-20(10-6-18)27(37)30-15-26-31-34-35-32-26/h3-14H,2,15-16H2,1H3,(H,30,37)(H,31,32,34,35). The first kappa shape index (κ1) is 24.7. The number of carbonyl (C=O) groups is 1. The SMILES string of the molecule is CCc1ccc(-c2cc(-c3ccc(Cl)c(Cl)c3)nn2Cc2ccc(C(=O)NCc3nn[nH]n3)cc2)cc1. The van der Waals surface area contributed by atoms with Gasteiger partial charge in [0.1, 0.15) is 0 Å². The molecule has 0 atom stereocenters. The molecule has 0 aliphatic carbocycles. The topological polar surface area (TPSA) is 101 Å². The number of benzene rings is 3. The van der Waals surface area contributed by atoms with E-state index in [0.717, 1.165) is 34.5 Å². The molecular formula is C27H23Cl2N7O. The van der Waals surface area contributed by atoms with Gasteiger partial charge in [-0.15, -0.1) is 10.2 Å². The average Bonchev–Trinajstić information content (AvgIpc) is 3.60. The maximum atomic E-state index is 12.5. The van der Waals surface area contributed by atoms with Gasteiger partial charge < -0.3 is 5.32 Å². The predicted molar refractivity (Wildman–Crippen MR) is 143 cm³/mol. The Morgan fingerprint density at radius 1 is 0.919 bits per heavy atom. The first-order valence-corrected chi connectivity index (χ1v) is 12.5. The average molecular weight is 532 g/mol. The van der Waals surface area contributed by atoms with Crippen molar-refractivity contribution in [3.05, 3.63) is 105 Å². The van der Waals surface area contributed by atoms with Crippen molar-refractivity contribution >= 4 is 29.1 Å². The first-order chi connectivity index (χ1) is 18.0.